The van der Waals surface area contributed by atoms with Crippen LogP contribution in [0.4, 0.5) is 0 Å². The molecule has 2 aromatic rings. The summed E-state index contributed by atoms with van der Waals surface area (Å²) in [5.74, 6) is -0.0737. The number of ether oxygens (including phenoxy) is 2. The maximum Gasteiger partial charge on any atom is 0.258 e. The van der Waals surface area contributed by atoms with Gasteiger partial charge in [-0.1, -0.05) is 46.9 Å². The van der Waals surface area contributed by atoms with Gasteiger partial charge in [0.25, 0.3) is 5.91 Å². The first-order valence-electron chi connectivity index (χ1n) is 9.95. The van der Waals surface area contributed by atoms with Gasteiger partial charge in [-0.2, -0.15) is 0 Å². The smallest absolute Gasteiger partial charge is 0.258 e. The number of carbonyl (C=O) groups excluding carboxylic acids is 2. The molecule has 3 rings (SSSR count). The van der Waals surface area contributed by atoms with Gasteiger partial charge in [-0.15, -0.1) is 0 Å². The van der Waals surface area contributed by atoms with E-state index in [1.165, 1.54) is 0 Å². The summed E-state index contributed by atoms with van der Waals surface area (Å²) < 4.78 is 10.9. The lowest BCUT2D eigenvalue weighted by atomic mass is 9.84. The van der Waals surface area contributed by atoms with Gasteiger partial charge >= 0.3 is 0 Å². The summed E-state index contributed by atoms with van der Waals surface area (Å²) >= 11 is 17.7. The zero-order valence-corrected chi connectivity index (χ0v) is 19.7. The number of hydrogen-bond acceptors (Lipinski definition) is 4. The molecular formula is C23H23Cl3N2O4. The van der Waals surface area contributed by atoms with Crippen molar-refractivity contribution in [1.29, 1.82) is 0 Å². The van der Waals surface area contributed by atoms with E-state index < -0.39 is 5.54 Å². The third-order valence-electron chi connectivity index (χ3n) is 4.69. The van der Waals surface area contributed by atoms with Crippen molar-refractivity contribution in [3.05, 3.63) is 74.9 Å². The zero-order chi connectivity index (χ0) is 23.1. The van der Waals surface area contributed by atoms with E-state index in [0.29, 0.717) is 40.3 Å². The predicted octanol–water partition coefficient (Wildman–Crippen LogP) is 4.56. The van der Waals surface area contributed by atoms with E-state index in [0.717, 1.165) is 11.3 Å². The van der Waals surface area contributed by atoms with Crippen LogP contribution in [-0.2, 0) is 20.7 Å². The molecule has 0 saturated heterocycles. The Morgan fingerprint density at radius 3 is 2.53 bits per heavy atom. The molecule has 1 unspecified atom stereocenters. The highest BCUT2D eigenvalue weighted by Gasteiger charge is 2.34. The fourth-order valence-corrected chi connectivity index (χ4v) is 3.75. The number of carbonyl (C=O) groups is 2. The molecule has 0 radical (unpaired) electrons. The molecule has 0 aliphatic heterocycles. The summed E-state index contributed by atoms with van der Waals surface area (Å²) in [5.41, 5.74) is 1.24. The van der Waals surface area contributed by atoms with E-state index in [1.807, 2.05) is 31.2 Å². The fraction of sp³-hybridized carbons (Fsp3) is 0.304. The summed E-state index contributed by atoms with van der Waals surface area (Å²) in [6, 6.07) is 12.3. The molecule has 2 amide bonds. The lowest BCUT2D eigenvalue weighted by Gasteiger charge is -2.37. The zero-order valence-electron chi connectivity index (χ0n) is 17.4. The predicted molar refractivity (Wildman–Crippen MR) is 125 cm³/mol. The molecule has 9 heteroatoms. The van der Waals surface area contributed by atoms with Crippen molar-refractivity contribution in [2.45, 2.75) is 25.3 Å². The molecular weight excluding hydrogens is 475 g/mol. The van der Waals surface area contributed by atoms with Gasteiger partial charge in [0.05, 0.1) is 22.2 Å². The minimum absolute atomic E-state index is 0.0432. The second kappa shape index (κ2) is 11.1. The van der Waals surface area contributed by atoms with E-state index in [4.69, 9.17) is 44.3 Å². The molecule has 1 aliphatic rings. The molecule has 0 fully saturated rings. The Bertz CT molecular complexity index is 1030. The highest BCUT2D eigenvalue weighted by atomic mass is 35.5. The van der Waals surface area contributed by atoms with E-state index in [2.05, 4.69) is 10.6 Å². The van der Waals surface area contributed by atoms with Crippen LogP contribution in [0.1, 0.15) is 18.9 Å². The number of benzene rings is 2. The molecule has 1 aliphatic carbocycles. The molecule has 0 saturated carbocycles. The quantitative estimate of drug-likeness (QED) is 0.472. The van der Waals surface area contributed by atoms with Crippen LogP contribution in [0.25, 0.3) is 0 Å². The van der Waals surface area contributed by atoms with Crippen LogP contribution in [0.2, 0.25) is 15.1 Å². The molecule has 0 bridgehead atoms. The normalized spacial score (nSPS) is 17.2. The standard InChI is InChI=1S/C23H23Cl3N2O4/c1-23(28-22(30)14-32-18-5-6-19(25)20(26)10-18)11-17(12-23)27-21(29)13-31-8-7-15-3-2-4-16(24)9-15/h2-6,9-11H,7-8,12-14H2,1H3,(H,27,29)(H,28,30). The van der Waals surface area contributed by atoms with Crippen molar-refractivity contribution in [3.63, 3.8) is 0 Å². The summed E-state index contributed by atoms with van der Waals surface area (Å²) in [4.78, 5) is 24.2. The van der Waals surface area contributed by atoms with Crippen LogP contribution in [0.15, 0.2) is 54.2 Å². The SMILES string of the molecule is CC1(NC(=O)COc2ccc(Cl)c(Cl)c2)C=C(NC(=O)COCCc2cccc(Cl)c2)C1. The van der Waals surface area contributed by atoms with Crippen molar-refractivity contribution in [2.24, 2.45) is 0 Å². The van der Waals surface area contributed by atoms with Gasteiger partial charge in [0.15, 0.2) is 6.61 Å². The van der Waals surface area contributed by atoms with Crippen molar-refractivity contribution in [1.82, 2.24) is 10.6 Å². The number of rotatable bonds is 10. The molecule has 2 N–H and O–H groups in total. The van der Waals surface area contributed by atoms with Gasteiger partial charge in [-0.25, -0.2) is 0 Å². The van der Waals surface area contributed by atoms with Gasteiger partial charge in [0.1, 0.15) is 12.4 Å². The van der Waals surface area contributed by atoms with E-state index in [1.54, 1.807) is 24.3 Å². The van der Waals surface area contributed by atoms with Gasteiger partial charge in [-0.3, -0.25) is 9.59 Å². The maximum absolute atomic E-state index is 12.2. The van der Waals surface area contributed by atoms with Crippen LogP contribution in [0, 0.1) is 0 Å². The summed E-state index contributed by atoms with van der Waals surface area (Å²) in [7, 11) is 0. The second-order valence-electron chi connectivity index (χ2n) is 7.66. The molecule has 0 heterocycles. The monoisotopic (exact) mass is 496 g/mol. The van der Waals surface area contributed by atoms with Crippen molar-refractivity contribution >= 4 is 46.6 Å². The number of hydrogen-bond donors (Lipinski definition) is 2. The Morgan fingerprint density at radius 2 is 1.81 bits per heavy atom. The highest BCUT2D eigenvalue weighted by molar-refractivity contribution is 6.42. The molecule has 1 atom stereocenters. The van der Waals surface area contributed by atoms with E-state index >= 15 is 0 Å². The van der Waals surface area contributed by atoms with Gasteiger partial charge in [-0.05, 0) is 49.2 Å². The van der Waals surface area contributed by atoms with Crippen LogP contribution in [-0.4, -0.2) is 37.2 Å². The maximum atomic E-state index is 12.2. The van der Waals surface area contributed by atoms with Crippen LogP contribution in [0.3, 0.4) is 0 Å². The Labute approximate surface area is 201 Å². The number of nitrogens with one attached hydrogen (secondary N) is 2. The summed E-state index contributed by atoms with van der Waals surface area (Å²) in [5, 5.41) is 7.10. The average Bonchev–Trinajstić information content (AvgIpc) is 2.71. The van der Waals surface area contributed by atoms with Crippen molar-refractivity contribution < 1.29 is 19.1 Å². The lowest BCUT2D eigenvalue weighted by Crippen LogP contribution is -2.53. The lowest BCUT2D eigenvalue weighted by molar-refractivity contribution is -0.125. The molecule has 0 aromatic heterocycles. The number of halogens is 3. The summed E-state index contributed by atoms with van der Waals surface area (Å²) in [6.07, 6.45) is 2.97. The average molecular weight is 498 g/mol. The Kier molecular flexibility index (Phi) is 8.43. The van der Waals surface area contributed by atoms with Gasteiger partial charge < -0.3 is 20.1 Å². The molecule has 0 spiro atoms. The second-order valence-corrected chi connectivity index (χ2v) is 8.91. The molecule has 6 nitrogen and oxygen atoms in total. The first kappa shape index (κ1) is 24.4. The van der Waals surface area contributed by atoms with E-state index in [9.17, 15) is 9.59 Å². The van der Waals surface area contributed by atoms with E-state index in [-0.39, 0.29) is 25.0 Å². The molecule has 2 aromatic carbocycles. The Hall–Kier alpha value is -2.25. The Morgan fingerprint density at radius 1 is 1.03 bits per heavy atom. The summed E-state index contributed by atoms with van der Waals surface area (Å²) in [6.45, 7) is 2.07. The van der Waals surface area contributed by atoms with Gasteiger partial charge in [0.2, 0.25) is 5.91 Å². The minimum atomic E-state index is -0.547. The molecule has 170 valence electrons. The topological polar surface area (TPSA) is 76.7 Å². The first-order valence-corrected chi connectivity index (χ1v) is 11.1. The first-order chi connectivity index (χ1) is 15.2. The highest BCUT2D eigenvalue weighted by Crippen LogP contribution is 2.29. The number of amides is 2. The third-order valence-corrected chi connectivity index (χ3v) is 5.67. The molecule has 32 heavy (non-hydrogen) atoms. The van der Waals surface area contributed by atoms with Crippen molar-refractivity contribution in [2.75, 3.05) is 19.8 Å². The largest absolute Gasteiger partial charge is 0.484 e. The fourth-order valence-electron chi connectivity index (χ4n) is 3.24. The van der Waals surface area contributed by atoms with Crippen LogP contribution < -0.4 is 15.4 Å². The van der Waals surface area contributed by atoms with Crippen molar-refractivity contribution in [3.8, 4) is 5.75 Å². The van der Waals surface area contributed by atoms with Crippen LogP contribution >= 0.6 is 34.8 Å². The Balaban J connectivity index is 1.34. The minimum Gasteiger partial charge on any atom is -0.484 e. The third kappa shape index (κ3) is 7.41. The van der Waals surface area contributed by atoms with Crippen LogP contribution in [0.5, 0.6) is 5.75 Å². The van der Waals surface area contributed by atoms with Gasteiger partial charge in [0, 0.05) is 23.2 Å².